The molecule has 3 nitrogen and oxygen atoms in total. The average Bonchev–Trinajstić information content (AvgIpc) is 2.65. The lowest BCUT2D eigenvalue weighted by Gasteiger charge is -2.55. The molecule has 4 aliphatic rings. The molecule has 19 heavy (non-hydrogen) atoms. The number of rotatable bonds is 2. The predicted octanol–water partition coefficient (Wildman–Crippen LogP) is 3.57. The molecular formula is C16H21NO2. The number of hydrogen-bond acceptors (Lipinski definition) is 3. The highest BCUT2D eigenvalue weighted by atomic mass is 16.4. The molecule has 2 N–H and O–H groups in total. The third-order valence-corrected chi connectivity index (χ3v) is 5.65. The topological polar surface area (TPSA) is 56.2 Å². The van der Waals surface area contributed by atoms with Gasteiger partial charge in [-0.25, -0.2) is 0 Å². The van der Waals surface area contributed by atoms with Crippen molar-refractivity contribution < 1.29 is 9.21 Å². The molecule has 102 valence electrons. The van der Waals surface area contributed by atoms with Crippen LogP contribution in [0.5, 0.6) is 0 Å². The van der Waals surface area contributed by atoms with Gasteiger partial charge in [0.05, 0.1) is 5.56 Å². The lowest BCUT2D eigenvalue weighted by atomic mass is 9.48. The SMILES string of the molecule is Cc1cc(C(=O)C23CC4CC(CC(C4)C2)C3)c(N)o1. The predicted molar refractivity (Wildman–Crippen MR) is 72.8 cm³/mol. The van der Waals surface area contributed by atoms with Crippen LogP contribution in [0.1, 0.15) is 54.6 Å². The van der Waals surface area contributed by atoms with Crippen molar-refractivity contribution in [2.75, 3.05) is 5.73 Å². The van der Waals surface area contributed by atoms with Crippen LogP contribution in [0.2, 0.25) is 0 Å². The Balaban J connectivity index is 1.72. The molecule has 0 amide bonds. The Morgan fingerprint density at radius 3 is 2.16 bits per heavy atom. The summed E-state index contributed by atoms with van der Waals surface area (Å²) in [6, 6.07) is 1.83. The smallest absolute Gasteiger partial charge is 0.201 e. The van der Waals surface area contributed by atoms with Crippen LogP contribution < -0.4 is 5.73 Å². The van der Waals surface area contributed by atoms with E-state index in [1.807, 2.05) is 13.0 Å². The van der Waals surface area contributed by atoms with E-state index in [0.717, 1.165) is 42.8 Å². The monoisotopic (exact) mass is 259 g/mol. The van der Waals surface area contributed by atoms with Crippen LogP contribution in [0.15, 0.2) is 10.5 Å². The highest BCUT2D eigenvalue weighted by Gasteiger charge is 2.55. The van der Waals surface area contributed by atoms with Gasteiger partial charge in [0.25, 0.3) is 0 Å². The van der Waals surface area contributed by atoms with Gasteiger partial charge in [-0.1, -0.05) is 0 Å². The minimum atomic E-state index is -0.112. The molecular weight excluding hydrogens is 238 g/mol. The highest BCUT2D eigenvalue weighted by molar-refractivity contribution is 6.04. The van der Waals surface area contributed by atoms with Crippen molar-refractivity contribution in [2.45, 2.75) is 45.4 Å². The first-order valence-electron chi connectivity index (χ1n) is 7.46. The largest absolute Gasteiger partial charge is 0.445 e. The summed E-state index contributed by atoms with van der Waals surface area (Å²) in [4.78, 5) is 13.0. The van der Waals surface area contributed by atoms with Crippen molar-refractivity contribution in [1.82, 2.24) is 0 Å². The Morgan fingerprint density at radius 1 is 1.21 bits per heavy atom. The Kier molecular flexibility index (Phi) is 2.22. The number of aryl methyl sites for hydroxylation is 1. The number of ketones is 1. The van der Waals surface area contributed by atoms with Crippen LogP contribution in [0.25, 0.3) is 0 Å². The molecule has 1 aromatic heterocycles. The van der Waals surface area contributed by atoms with Crippen molar-refractivity contribution in [3.8, 4) is 0 Å². The summed E-state index contributed by atoms with van der Waals surface area (Å²) in [5.41, 5.74) is 6.40. The zero-order valence-electron chi connectivity index (χ0n) is 11.4. The van der Waals surface area contributed by atoms with E-state index in [1.54, 1.807) is 0 Å². The fourth-order valence-electron chi connectivity index (χ4n) is 5.38. The fourth-order valence-corrected chi connectivity index (χ4v) is 5.38. The molecule has 3 heteroatoms. The Labute approximate surface area is 113 Å². The van der Waals surface area contributed by atoms with Gasteiger partial charge in [0.1, 0.15) is 5.76 Å². The molecule has 0 saturated heterocycles. The van der Waals surface area contributed by atoms with E-state index in [9.17, 15) is 4.79 Å². The summed E-state index contributed by atoms with van der Waals surface area (Å²) in [5, 5.41) is 0. The molecule has 0 spiro atoms. The maximum absolute atomic E-state index is 13.0. The maximum atomic E-state index is 13.0. The summed E-state index contributed by atoms with van der Waals surface area (Å²) in [5.74, 6) is 3.67. The van der Waals surface area contributed by atoms with E-state index in [0.29, 0.717) is 11.4 Å². The van der Waals surface area contributed by atoms with E-state index in [-0.39, 0.29) is 11.2 Å². The highest BCUT2D eigenvalue weighted by Crippen LogP contribution is 2.61. The van der Waals surface area contributed by atoms with Gasteiger partial charge < -0.3 is 10.2 Å². The van der Waals surface area contributed by atoms with Crippen molar-refractivity contribution in [3.63, 3.8) is 0 Å². The number of carbonyl (C=O) groups is 1. The normalized spacial score (nSPS) is 39.7. The first-order chi connectivity index (χ1) is 9.06. The van der Waals surface area contributed by atoms with Gasteiger partial charge in [-0.15, -0.1) is 0 Å². The molecule has 0 aliphatic heterocycles. The molecule has 1 heterocycles. The van der Waals surface area contributed by atoms with Crippen LogP contribution >= 0.6 is 0 Å². The number of hydrogen-bond donors (Lipinski definition) is 1. The third kappa shape index (κ3) is 1.60. The fraction of sp³-hybridized carbons (Fsp3) is 0.688. The number of Topliss-reactive ketones (excluding diaryl/α,β-unsaturated/α-hetero) is 1. The van der Waals surface area contributed by atoms with Crippen molar-refractivity contribution in [2.24, 2.45) is 23.2 Å². The number of nitrogen functional groups attached to an aromatic ring is 1. The minimum absolute atomic E-state index is 0.112. The molecule has 4 saturated carbocycles. The molecule has 0 unspecified atom stereocenters. The van der Waals surface area contributed by atoms with E-state index in [4.69, 9.17) is 10.2 Å². The van der Waals surface area contributed by atoms with E-state index >= 15 is 0 Å². The average molecular weight is 259 g/mol. The standard InChI is InChI=1S/C16H21NO2/c1-9-2-13(15(17)19-9)14(18)16-6-10-3-11(7-16)5-12(4-10)8-16/h2,10-12H,3-8,17H2,1H3. The Bertz CT molecular complexity index is 508. The second-order valence-corrected chi connectivity index (χ2v) is 7.16. The zero-order chi connectivity index (χ0) is 13.2. The van der Waals surface area contributed by atoms with E-state index in [2.05, 4.69) is 0 Å². The van der Waals surface area contributed by atoms with Crippen molar-refractivity contribution in [1.29, 1.82) is 0 Å². The Hall–Kier alpha value is -1.25. The van der Waals surface area contributed by atoms with Gasteiger partial charge in [0.2, 0.25) is 5.88 Å². The van der Waals surface area contributed by atoms with Crippen molar-refractivity contribution in [3.05, 3.63) is 17.4 Å². The van der Waals surface area contributed by atoms with Gasteiger partial charge in [-0.3, -0.25) is 4.79 Å². The van der Waals surface area contributed by atoms with Crippen LogP contribution in [0.4, 0.5) is 5.88 Å². The van der Waals surface area contributed by atoms with Crippen molar-refractivity contribution >= 4 is 11.7 Å². The summed E-state index contributed by atoms with van der Waals surface area (Å²) >= 11 is 0. The summed E-state index contributed by atoms with van der Waals surface area (Å²) in [7, 11) is 0. The summed E-state index contributed by atoms with van der Waals surface area (Å²) < 4.78 is 5.36. The van der Waals surface area contributed by atoms with Gasteiger partial charge in [-0.05, 0) is 69.3 Å². The van der Waals surface area contributed by atoms with Gasteiger partial charge in [0.15, 0.2) is 5.78 Å². The molecule has 1 aromatic rings. The second-order valence-electron chi connectivity index (χ2n) is 7.16. The van der Waals surface area contributed by atoms with Gasteiger partial charge >= 0.3 is 0 Å². The third-order valence-electron chi connectivity index (χ3n) is 5.65. The first-order valence-corrected chi connectivity index (χ1v) is 7.46. The van der Waals surface area contributed by atoms with Crippen LogP contribution in [-0.4, -0.2) is 5.78 Å². The lowest BCUT2D eigenvalue weighted by Crippen LogP contribution is -2.50. The molecule has 0 atom stereocenters. The van der Waals surface area contributed by atoms with Crippen LogP contribution in [0, 0.1) is 30.1 Å². The number of carbonyl (C=O) groups excluding carboxylic acids is 1. The summed E-state index contributed by atoms with van der Waals surface area (Å²) in [6.45, 7) is 1.85. The van der Waals surface area contributed by atoms with E-state index in [1.165, 1.54) is 19.3 Å². The number of furan rings is 1. The molecule has 4 bridgehead atoms. The lowest BCUT2D eigenvalue weighted by molar-refractivity contribution is -0.0352. The van der Waals surface area contributed by atoms with E-state index < -0.39 is 0 Å². The molecule has 4 aliphatic carbocycles. The molecule has 4 fully saturated rings. The molecule has 0 radical (unpaired) electrons. The Morgan fingerprint density at radius 2 is 1.74 bits per heavy atom. The van der Waals surface area contributed by atoms with Gasteiger partial charge in [-0.2, -0.15) is 0 Å². The number of anilines is 1. The second kappa shape index (κ2) is 3.65. The number of nitrogens with two attached hydrogens (primary N) is 1. The van der Waals surface area contributed by atoms with Crippen LogP contribution in [0.3, 0.4) is 0 Å². The van der Waals surface area contributed by atoms with Crippen LogP contribution in [-0.2, 0) is 0 Å². The van der Waals surface area contributed by atoms with Gasteiger partial charge in [0, 0.05) is 5.41 Å². The quantitative estimate of drug-likeness (QED) is 0.826. The first kappa shape index (κ1) is 11.6. The minimum Gasteiger partial charge on any atom is -0.445 e. The maximum Gasteiger partial charge on any atom is 0.201 e. The zero-order valence-corrected chi connectivity index (χ0v) is 11.4. The summed E-state index contributed by atoms with van der Waals surface area (Å²) in [6.07, 6.45) is 7.32. The molecule has 5 rings (SSSR count). The molecule has 0 aromatic carbocycles.